The van der Waals surface area contributed by atoms with Crippen LogP contribution in [0.15, 0.2) is 34.8 Å². The van der Waals surface area contributed by atoms with E-state index in [0.717, 1.165) is 0 Å². The van der Waals surface area contributed by atoms with Crippen LogP contribution in [0.5, 0.6) is 0 Å². The molecular formula is C12H8BrClF2N2. The van der Waals surface area contributed by atoms with Gasteiger partial charge in [-0.1, -0.05) is 11.6 Å². The summed E-state index contributed by atoms with van der Waals surface area (Å²) in [4.78, 5) is 0. The number of hydrogen-bond acceptors (Lipinski definition) is 2. The molecule has 94 valence electrons. The van der Waals surface area contributed by atoms with Gasteiger partial charge < -0.3 is 11.1 Å². The molecule has 2 rings (SSSR count). The second-order valence-electron chi connectivity index (χ2n) is 3.61. The molecule has 0 saturated heterocycles. The molecule has 0 saturated carbocycles. The van der Waals surface area contributed by atoms with Crippen LogP contribution in [0.2, 0.25) is 5.02 Å². The third kappa shape index (κ3) is 2.73. The van der Waals surface area contributed by atoms with Gasteiger partial charge in [-0.2, -0.15) is 0 Å². The molecule has 0 bridgehead atoms. The number of halogens is 4. The second kappa shape index (κ2) is 5.12. The van der Waals surface area contributed by atoms with Gasteiger partial charge in [0, 0.05) is 11.8 Å². The number of nitrogens with one attached hydrogen (secondary N) is 1. The van der Waals surface area contributed by atoms with Crippen molar-refractivity contribution in [2.45, 2.75) is 0 Å². The minimum Gasteiger partial charge on any atom is -0.397 e. The van der Waals surface area contributed by atoms with Gasteiger partial charge in [-0.05, 0) is 40.2 Å². The first-order chi connectivity index (χ1) is 8.47. The summed E-state index contributed by atoms with van der Waals surface area (Å²) in [6.45, 7) is 0. The van der Waals surface area contributed by atoms with Crippen LogP contribution in [-0.4, -0.2) is 0 Å². The van der Waals surface area contributed by atoms with Crippen LogP contribution in [0, 0.1) is 11.6 Å². The maximum Gasteiger partial charge on any atom is 0.143 e. The summed E-state index contributed by atoms with van der Waals surface area (Å²) in [7, 11) is 0. The summed E-state index contributed by atoms with van der Waals surface area (Å²) in [5.41, 5.74) is 6.84. The van der Waals surface area contributed by atoms with Crippen molar-refractivity contribution >= 4 is 44.6 Å². The molecular weight excluding hydrogens is 325 g/mol. The summed E-state index contributed by atoms with van der Waals surface area (Å²) in [5, 5.41) is 2.92. The van der Waals surface area contributed by atoms with E-state index in [4.69, 9.17) is 17.3 Å². The van der Waals surface area contributed by atoms with E-state index in [1.807, 2.05) is 0 Å². The molecule has 0 radical (unpaired) electrons. The van der Waals surface area contributed by atoms with E-state index < -0.39 is 11.6 Å². The molecule has 0 aromatic heterocycles. The largest absolute Gasteiger partial charge is 0.397 e. The Hall–Kier alpha value is -1.33. The van der Waals surface area contributed by atoms with E-state index in [9.17, 15) is 8.78 Å². The van der Waals surface area contributed by atoms with Gasteiger partial charge >= 0.3 is 0 Å². The molecule has 0 unspecified atom stereocenters. The Labute approximate surface area is 116 Å². The highest BCUT2D eigenvalue weighted by molar-refractivity contribution is 9.10. The normalized spacial score (nSPS) is 10.4. The van der Waals surface area contributed by atoms with Crippen molar-refractivity contribution in [1.29, 1.82) is 0 Å². The quantitative estimate of drug-likeness (QED) is 0.781. The molecule has 6 heteroatoms. The van der Waals surface area contributed by atoms with E-state index in [0.29, 0.717) is 11.4 Å². The fraction of sp³-hybridized carbons (Fsp3) is 0. The number of nitrogens with two attached hydrogens (primary N) is 1. The molecule has 2 aromatic carbocycles. The first-order valence-electron chi connectivity index (χ1n) is 4.94. The predicted octanol–water partition coefficient (Wildman–Crippen LogP) is 4.71. The Morgan fingerprint density at radius 2 is 1.83 bits per heavy atom. The van der Waals surface area contributed by atoms with Crippen LogP contribution >= 0.6 is 27.5 Å². The van der Waals surface area contributed by atoms with Crippen LogP contribution in [0.1, 0.15) is 0 Å². The topological polar surface area (TPSA) is 38.0 Å². The lowest BCUT2D eigenvalue weighted by molar-refractivity contribution is 0.622. The first-order valence-corrected chi connectivity index (χ1v) is 6.11. The van der Waals surface area contributed by atoms with Crippen molar-refractivity contribution in [1.82, 2.24) is 0 Å². The lowest BCUT2D eigenvalue weighted by atomic mass is 10.2. The number of nitrogen functional groups attached to an aromatic ring is 1. The van der Waals surface area contributed by atoms with Gasteiger partial charge in [0.25, 0.3) is 0 Å². The molecule has 3 N–H and O–H groups in total. The molecule has 0 heterocycles. The standard InChI is InChI=1S/C12H8BrClF2N2/c13-7-4-12(11(17)5-9(7)15)18-6-1-2-8(14)10(16)3-6/h1-5,18H,17H2. The fourth-order valence-electron chi connectivity index (χ4n) is 1.40. The predicted molar refractivity (Wildman–Crippen MR) is 73.2 cm³/mol. The molecule has 2 aromatic rings. The Morgan fingerprint density at radius 3 is 2.50 bits per heavy atom. The summed E-state index contributed by atoms with van der Waals surface area (Å²) in [5.74, 6) is -0.998. The van der Waals surface area contributed by atoms with Gasteiger partial charge in [-0.15, -0.1) is 0 Å². The van der Waals surface area contributed by atoms with Crippen molar-refractivity contribution in [2.24, 2.45) is 0 Å². The van der Waals surface area contributed by atoms with Crippen LogP contribution in [0.4, 0.5) is 25.8 Å². The number of anilines is 3. The molecule has 0 amide bonds. The second-order valence-corrected chi connectivity index (χ2v) is 4.87. The maximum atomic E-state index is 13.3. The van der Waals surface area contributed by atoms with Crippen molar-refractivity contribution in [3.8, 4) is 0 Å². The maximum absolute atomic E-state index is 13.3. The van der Waals surface area contributed by atoms with Crippen molar-refractivity contribution in [3.63, 3.8) is 0 Å². The molecule has 0 atom stereocenters. The number of rotatable bonds is 2. The molecule has 0 aliphatic heterocycles. The SMILES string of the molecule is Nc1cc(F)c(Br)cc1Nc1ccc(Cl)c(F)c1. The van der Waals surface area contributed by atoms with Gasteiger partial charge in [0.1, 0.15) is 11.6 Å². The zero-order valence-electron chi connectivity index (χ0n) is 8.98. The highest BCUT2D eigenvalue weighted by Gasteiger charge is 2.07. The van der Waals surface area contributed by atoms with Crippen LogP contribution in [0.3, 0.4) is 0 Å². The van der Waals surface area contributed by atoms with Crippen LogP contribution in [-0.2, 0) is 0 Å². The Kier molecular flexibility index (Phi) is 3.73. The third-order valence-corrected chi connectivity index (χ3v) is 3.21. The zero-order chi connectivity index (χ0) is 13.3. The summed E-state index contributed by atoms with van der Waals surface area (Å²) < 4.78 is 26.7. The molecule has 0 aliphatic rings. The van der Waals surface area contributed by atoms with Gasteiger partial charge in [-0.3, -0.25) is 0 Å². The summed E-state index contributed by atoms with van der Waals surface area (Å²) in [6, 6.07) is 6.92. The Morgan fingerprint density at radius 1 is 1.11 bits per heavy atom. The Bertz CT molecular complexity index is 605. The minimum absolute atomic E-state index is 0.0359. The average molecular weight is 334 g/mol. The fourth-order valence-corrected chi connectivity index (χ4v) is 1.86. The third-order valence-electron chi connectivity index (χ3n) is 2.29. The van der Waals surface area contributed by atoms with Crippen LogP contribution in [0.25, 0.3) is 0 Å². The number of hydrogen-bond donors (Lipinski definition) is 2. The van der Waals surface area contributed by atoms with E-state index in [1.165, 1.54) is 24.3 Å². The van der Waals surface area contributed by atoms with E-state index in [2.05, 4.69) is 21.2 Å². The summed E-state index contributed by atoms with van der Waals surface area (Å²) >= 11 is 8.63. The van der Waals surface area contributed by atoms with E-state index >= 15 is 0 Å². The highest BCUT2D eigenvalue weighted by Crippen LogP contribution is 2.30. The molecule has 0 spiro atoms. The average Bonchev–Trinajstić information content (AvgIpc) is 2.31. The van der Waals surface area contributed by atoms with Crippen molar-refractivity contribution in [3.05, 3.63) is 51.5 Å². The lowest BCUT2D eigenvalue weighted by Crippen LogP contribution is -1.98. The molecule has 2 nitrogen and oxygen atoms in total. The highest BCUT2D eigenvalue weighted by atomic mass is 79.9. The van der Waals surface area contributed by atoms with Gasteiger partial charge in [0.15, 0.2) is 0 Å². The van der Waals surface area contributed by atoms with Crippen LogP contribution < -0.4 is 11.1 Å². The molecule has 18 heavy (non-hydrogen) atoms. The number of benzene rings is 2. The van der Waals surface area contributed by atoms with Gasteiger partial charge in [0.2, 0.25) is 0 Å². The smallest absolute Gasteiger partial charge is 0.143 e. The van der Waals surface area contributed by atoms with E-state index in [1.54, 1.807) is 6.07 Å². The zero-order valence-corrected chi connectivity index (χ0v) is 11.3. The molecule has 0 fully saturated rings. The monoisotopic (exact) mass is 332 g/mol. The first kappa shape index (κ1) is 13.1. The summed E-state index contributed by atoms with van der Waals surface area (Å²) in [6.07, 6.45) is 0. The molecule has 0 aliphatic carbocycles. The van der Waals surface area contributed by atoms with Gasteiger partial charge in [0.05, 0.1) is 20.9 Å². The van der Waals surface area contributed by atoms with Crippen molar-refractivity contribution < 1.29 is 8.78 Å². The van der Waals surface area contributed by atoms with Gasteiger partial charge in [-0.25, -0.2) is 8.78 Å². The Balaban J connectivity index is 2.34. The lowest BCUT2D eigenvalue weighted by Gasteiger charge is -2.10. The minimum atomic E-state index is -0.540. The van der Waals surface area contributed by atoms with E-state index in [-0.39, 0.29) is 15.2 Å². The van der Waals surface area contributed by atoms with Crippen molar-refractivity contribution in [2.75, 3.05) is 11.1 Å².